The Hall–Kier alpha value is -0.313. The van der Waals surface area contributed by atoms with Crippen molar-refractivity contribution >= 4 is 15.7 Å². The molecule has 7 heavy (non-hydrogen) atoms. The van der Waals surface area contributed by atoms with Crippen LogP contribution in [0.2, 0.25) is 6.04 Å². The molecule has 0 rings (SSSR count). The highest BCUT2D eigenvalue weighted by Gasteiger charge is 1.86. The first kappa shape index (κ1) is 6.69. The first-order valence-electron chi connectivity index (χ1n) is 2.40. The van der Waals surface area contributed by atoms with E-state index in [0.29, 0.717) is 0 Å². The van der Waals surface area contributed by atoms with Crippen LogP contribution in [0.1, 0.15) is 13.8 Å². The van der Waals surface area contributed by atoms with Crippen LogP contribution in [0.25, 0.3) is 0 Å². The molecule has 0 N–H and O–H groups in total. The van der Waals surface area contributed by atoms with Gasteiger partial charge in [0, 0.05) is 6.92 Å². The van der Waals surface area contributed by atoms with E-state index in [1.54, 1.807) is 0 Å². The summed E-state index contributed by atoms with van der Waals surface area (Å²) in [4.78, 5) is 10.0. The van der Waals surface area contributed by atoms with E-state index in [2.05, 4.69) is 0 Å². The number of hydrogen-bond donors (Lipinski definition) is 0. The Morgan fingerprint density at radius 3 is 2.57 bits per heavy atom. The topological polar surface area (TPSA) is 26.3 Å². The number of carbonyl (C=O) groups excluding carboxylic acids is 1. The van der Waals surface area contributed by atoms with Gasteiger partial charge in [-0.2, -0.15) is 0 Å². The smallest absolute Gasteiger partial charge is 0.288 e. The molecule has 0 aliphatic rings. The van der Waals surface area contributed by atoms with E-state index < -0.39 is 9.76 Å². The van der Waals surface area contributed by atoms with Crippen molar-refractivity contribution in [3.63, 3.8) is 0 Å². The van der Waals surface area contributed by atoms with Crippen LogP contribution >= 0.6 is 0 Å². The Labute approximate surface area is 45.8 Å². The minimum Gasteiger partial charge on any atom is -0.525 e. The molecule has 0 atom stereocenters. The SMILES string of the molecule is CC[SiH2]OC(C)=O. The van der Waals surface area contributed by atoms with E-state index in [4.69, 9.17) is 4.43 Å². The summed E-state index contributed by atoms with van der Waals surface area (Å²) in [5, 5.41) is 0. The molecule has 3 heteroatoms. The molecule has 0 bridgehead atoms. The third kappa shape index (κ3) is 5.69. The molecule has 0 heterocycles. The maximum atomic E-state index is 10.0. The van der Waals surface area contributed by atoms with Gasteiger partial charge in [0.25, 0.3) is 5.97 Å². The Bertz CT molecular complexity index is 62.7. The van der Waals surface area contributed by atoms with Crippen LogP contribution in [-0.4, -0.2) is 15.7 Å². The van der Waals surface area contributed by atoms with Crippen molar-refractivity contribution in [3.8, 4) is 0 Å². The molecule has 0 saturated carbocycles. The summed E-state index contributed by atoms with van der Waals surface area (Å²) in [6.45, 7) is 3.47. The summed E-state index contributed by atoms with van der Waals surface area (Å²) in [7, 11) is -0.475. The summed E-state index contributed by atoms with van der Waals surface area (Å²) < 4.78 is 4.69. The van der Waals surface area contributed by atoms with Crippen molar-refractivity contribution in [1.82, 2.24) is 0 Å². The highest BCUT2D eigenvalue weighted by atomic mass is 28.2. The maximum absolute atomic E-state index is 10.0. The lowest BCUT2D eigenvalue weighted by atomic mass is 10.9. The molecule has 42 valence electrons. The summed E-state index contributed by atoms with van der Waals surface area (Å²) in [6.07, 6.45) is 0. The predicted octanol–water partition coefficient (Wildman–Crippen LogP) is 0.0715. The molecule has 0 unspecified atom stereocenters. The average molecular weight is 118 g/mol. The fourth-order valence-corrected chi connectivity index (χ4v) is 0.737. The van der Waals surface area contributed by atoms with Gasteiger partial charge in [0.05, 0.1) is 0 Å². The molecule has 0 radical (unpaired) electrons. The molecule has 2 nitrogen and oxygen atoms in total. The quantitative estimate of drug-likeness (QED) is 0.480. The van der Waals surface area contributed by atoms with Gasteiger partial charge >= 0.3 is 0 Å². The zero-order valence-corrected chi connectivity index (χ0v) is 6.14. The van der Waals surface area contributed by atoms with E-state index in [9.17, 15) is 4.79 Å². The summed E-state index contributed by atoms with van der Waals surface area (Å²) in [6, 6.07) is 1.04. The minimum absolute atomic E-state index is 0.131. The third-order valence-corrected chi connectivity index (χ3v) is 1.53. The van der Waals surface area contributed by atoms with Gasteiger partial charge in [-0.1, -0.05) is 6.92 Å². The van der Waals surface area contributed by atoms with Crippen molar-refractivity contribution in [3.05, 3.63) is 0 Å². The summed E-state index contributed by atoms with van der Waals surface area (Å²) in [5.74, 6) is -0.131. The summed E-state index contributed by atoms with van der Waals surface area (Å²) in [5.41, 5.74) is 0. The molecule has 0 aromatic carbocycles. The average Bonchev–Trinajstić information content (AvgIpc) is 1.61. The second-order valence-corrected chi connectivity index (χ2v) is 3.04. The third-order valence-electron chi connectivity index (χ3n) is 0.509. The molecular weight excluding hydrogens is 108 g/mol. The number of carbonyl (C=O) groups is 1. The maximum Gasteiger partial charge on any atom is 0.288 e. The zero-order valence-electron chi connectivity index (χ0n) is 4.73. The van der Waals surface area contributed by atoms with E-state index in [-0.39, 0.29) is 5.97 Å². The largest absolute Gasteiger partial charge is 0.525 e. The lowest BCUT2D eigenvalue weighted by molar-refractivity contribution is -0.131. The fraction of sp³-hybridized carbons (Fsp3) is 0.750. The van der Waals surface area contributed by atoms with Gasteiger partial charge in [-0.3, -0.25) is 4.79 Å². The molecule has 0 aliphatic carbocycles. The first-order chi connectivity index (χ1) is 3.27. The number of rotatable bonds is 2. The predicted molar refractivity (Wildman–Crippen MR) is 30.8 cm³/mol. The zero-order chi connectivity index (χ0) is 5.70. The van der Waals surface area contributed by atoms with E-state index in [0.717, 1.165) is 6.04 Å². The highest BCUT2D eigenvalue weighted by molar-refractivity contribution is 6.30. The van der Waals surface area contributed by atoms with Crippen LogP contribution < -0.4 is 0 Å². The normalized spacial score (nSPS) is 10.0. The first-order valence-corrected chi connectivity index (χ1v) is 3.98. The molecular formula is C4H10O2Si. The molecule has 0 spiro atoms. The van der Waals surface area contributed by atoms with E-state index >= 15 is 0 Å². The van der Waals surface area contributed by atoms with Crippen molar-refractivity contribution in [2.45, 2.75) is 19.9 Å². The van der Waals surface area contributed by atoms with Crippen molar-refractivity contribution in [2.75, 3.05) is 0 Å². The van der Waals surface area contributed by atoms with Crippen molar-refractivity contribution in [1.29, 1.82) is 0 Å². The molecule has 0 aliphatic heterocycles. The van der Waals surface area contributed by atoms with Crippen LogP contribution in [0.3, 0.4) is 0 Å². The second kappa shape index (κ2) is 3.86. The van der Waals surface area contributed by atoms with Gasteiger partial charge in [-0.15, -0.1) is 0 Å². The lowest BCUT2D eigenvalue weighted by Crippen LogP contribution is -2.01. The molecule has 0 saturated heterocycles. The Balaban J connectivity index is 2.82. The molecule has 0 amide bonds. The van der Waals surface area contributed by atoms with Crippen LogP contribution in [0.15, 0.2) is 0 Å². The lowest BCUT2D eigenvalue weighted by Gasteiger charge is -1.93. The molecule has 0 aromatic heterocycles. The minimum atomic E-state index is -0.475. The van der Waals surface area contributed by atoms with Crippen LogP contribution in [0.5, 0.6) is 0 Å². The standard InChI is InChI=1S/C4H10O2Si/c1-3-7-6-4(2)5/h3,7H2,1-2H3. The van der Waals surface area contributed by atoms with Gasteiger partial charge in [-0.05, 0) is 6.04 Å². The van der Waals surface area contributed by atoms with Crippen LogP contribution in [0, 0.1) is 0 Å². The van der Waals surface area contributed by atoms with Gasteiger partial charge in [-0.25, -0.2) is 0 Å². The molecule has 0 aromatic rings. The van der Waals surface area contributed by atoms with Crippen LogP contribution in [0.4, 0.5) is 0 Å². The summed E-state index contributed by atoms with van der Waals surface area (Å²) >= 11 is 0. The fourth-order valence-electron chi connectivity index (χ4n) is 0.246. The number of hydrogen-bond acceptors (Lipinski definition) is 2. The highest BCUT2D eigenvalue weighted by Crippen LogP contribution is 1.76. The van der Waals surface area contributed by atoms with E-state index in [1.807, 2.05) is 6.92 Å². The van der Waals surface area contributed by atoms with Crippen LogP contribution in [-0.2, 0) is 9.22 Å². The Kier molecular flexibility index (Phi) is 3.69. The molecule has 0 fully saturated rings. The van der Waals surface area contributed by atoms with Crippen molar-refractivity contribution < 1.29 is 9.22 Å². The Morgan fingerprint density at radius 2 is 2.43 bits per heavy atom. The van der Waals surface area contributed by atoms with Gasteiger partial charge in [0.1, 0.15) is 0 Å². The Morgan fingerprint density at radius 1 is 1.86 bits per heavy atom. The monoisotopic (exact) mass is 118 g/mol. The van der Waals surface area contributed by atoms with Crippen molar-refractivity contribution in [2.24, 2.45) is 0 Å². The van der Waals surface area contributed by atoms with E-state index in [1.165, 1.54) is 6.92 Å². The second-order valence-electron chi connectivity index (χ2n) is 1.34. The van der Waals surface area contributed by atoms with Gasteiger partial charge < -0.3 is 4.43 Å². The van der Waals surface area contributed by atoms with Gasteiger partial charge in [0.15, 0.2) is 0 Å². The van der Waals surface area contributed by atoms with Gasteiger partial charge in [0.2, 0.25) is 9.76 Å².